The van der Waals surface area contributed by atoms with Crippen molar-refractivity contribution in [1.29, 1.82) is 0 Å². The Morgan fingerprint density at radius 1 is 1.14 bits per heavy atom. The summed E-state index contributed by atoms with van der Waals surface area (Å²) in [6, 6.07) is 5.18. The smallest absolute Gasteiger partial charge is 0.318 e. The molecule has 3 fully saturated rings. The maximum absolute atomic E-state index is 12.8. The van der Waals surface area contributed by atoms with Crippen molar-refractivity contribution in [3.63, 3.8) is 0 Å². The number of halogens is 1. The Bertz CT molecular complexity index is 1820. The molecule has 3 aromatic rings. The molecule has 2 N–H and O–H groups in total. The molecule has 1 saturated carbocycles. The van der Waals surface area contributed by atoms with Crippen LogP contribution in [0.2, 0.25) is 0 Å². The van der Waals surface area contributed by atoms with Crippen LogP contribution in [-0.4, -0.2) is 88.5 Å². The minimum Gasteiger partial charge on any atom is -0.467 e. The van der Waals surface area contributed by atoms with E-state index in [2.05, 4.69) is 27.7 Å². The normalized spacial score (nSPS) is 22.7. The second kappa shape index (κ2) is 14.4. The molecule has 12 heteroatoms. The first kappa shape index (κ1) is 34.6. The number of nitrogens with zero attached hydrogens (tertiary/aromatic N) is 7. The summed E-state index contributed by atoms with van der Waals surface area (Å²) < 4.78 is 20.2. The van der Waals surface area contributed by atoms with Gasteiger partial charge in [0.1, 0.15) is 12.0 Å². The molecule has 266 valence electrons. The Kier molecular flexibility index (Phi) is 9.99. The van der Waals surface area contributed by atoms with Gasteiger partial charge in [-0.3, -0.25) is 14.4 Å². The van der Waals surface area contributed by atoms with E-state index in [9.17, 15) is 9.18 Å². The molecule has 1 aromatic carbocycles. The van der Waals surface area contributed by atoms with E-state index in [4.69, 9.17) is 25.5 Å². The van der Waals surface area contributed by atoms with Gasteiger partial charge >= 0.3 is 6.01 Å². The highest BCUT2D eigenvalue weighted by Gasteiger charge is 2.36. The average molecular weight is 701 g/mol. The molecule has 2 aromatic heterocycles. The van der Waals surface area contributed by atoms with Crippen molar-refractivity contribution >= 4 is 29.2 Å². The molecule has 1 amide bonds. The van der Waals surface area contributed by atoms with Gasteiger partial charge in [-0.15, -0.1) is 17.7 Å². The zero-order chi connectivity index (χ0) is 35.1. The predicted octanol–water partition coefficient (Wildman–Crippen LogP) is 5.66. The van der Waals surface area contributed by atoms with Crippen LogP contribution in [0.1, 0.15) is 106 Å². The highest BCUT2D eigenvalue weighted by molar-refractivity contribution is 7.98. The van der Waals surface area contributed by atoms with Crippen molar-refractivity contribution in [2.24, 2.45) is 0 Å². The number of alkyl halides is 1. The van der Waals surface area contributed by atoms with Crippen molar-refractivity contribution in [3.05, 3.63) is 57.0 Å². The summed E-state index contributed by atoms with van der Waals surface area (Å²) in [5, 5.41) is 4.93. The van der Waals surface area contributed by atoms with E-state index in [1.54, 1.807) is 26.1 Å². The lowest BCUT2D eigenvalue weighted by molar-refractivity contribution is 0.0820. The van der Waals surface area contributed by atoms with Crippen molar-refractivity contribution in [1.82, 2.24) is 29.5 Å². The molecule has 6 heterocycles. The second-order valence-electron chi connectivity index (χ2n) is 14.4. The molecule has 8 rings (SSSR count). The van der Waals surface area contributed by atoms with E-state index >= 15 is 0 Å². The number of carbonyl (C=O) groups is 1. The molecular weight excluding hydrogens is 652 g/mol. The van der Waals surface area contributed by atoms with Crippen molar-refractivity contribution in [2.45, 2.75) is 101 Å². The summed E-state index contributed by atoms with van der Waals surface area (Å²) in [5.74, 6) is 8.61. The van der Waals surface area contributed by atoms with Gasteiger partial charge in [0.05, 0.1) is 25.0 Å². The third kappa shape index (κ3) is 6.91. The monoisotopic (exact) mass is 700 g/mol. The van der Waals surface area contributed by atoms with Crippen LogP contribution in [0.25, 0.3) is 0 Å². The zero-order valence-electron chi connectivity index (χ0n) is 30.0. The third-order valence-corrected chi connectivity index (χ3v) is 12.0. The average Bonchev–Trinajstić information content (AvgIpc) is 3.71. The third-order valence-electron chi connectivity index (χ3n) is 10.7. The fourth-order valence-electron chi connectivity index (χ4n) is 8.08. The number of hydrogen-bond donors (Lipinski definition) is 1. The van der Waals surface area contributed by atoms with Crippen molar-refractivity contribution in [3.8, 4) is 17.9 Å². The molecule has 3 atom stereocenters. The van der Waals surface area contributed by atoms with Crippen LogP contribution in [0, 0.1) is 18.8 Å². The number of benzene rings is 1. The molecule has 0 radical (unpaired) electrons. The number of fused-ring (bicyclic) bond motifs is 3. The van der Waals surface area contributed by atoms with E-state index in [1.165, 1.54) is 36.8 Å². The molecule has 5 aliphatic rings. The number of methoxy groups -OCH3 is 1. The Hall–Kier alpha value is -3.82. The summed E-state index contributed by atoms with van der Waals surface area (Å²) >= 11 is 1.93. The number of nitrogen functional groups attached to an aromatic ring is 1. The van der Waals surface area contributed by atoms with Gasteiger partial charge in [0.25, 0.3) is 5.91 Å². The fraction of sp³-hybridized carbons (Fsp3) is 0.579. The quantitative estimate of drug-likeness (QED) is 0.267. The first-order valence-electron chi connectivity index (χ1n) is 18.0. The first-order valence-corrected chi connectivity index (χ1v) is 19.0. The van der Waals surface area contributed by atoms with Crippen LogP contribution in [-0.2, 0) is 25.3 Å². The van der Waals surface area contributed by atoms with Crippen LogP contribution in [0.15, 0.2) is 12.1 Å². The maximum atomic E-state index is 12.8. The minimum absolute atomic E-state index is 0.0710. The van der Waals surface area contributed by atoms with Gasteiger partial charge in [0.2, 0.25) is 0 Å². The van der Waals surface area contributed by atoms with E-state index in [0.29, 0.717) is 36.8 Å². The highest BCUT2D eigenvalue weighted by Crippen LogP contribution is 2.51. The van der Waals surface area contributed by atoms with Gasteiger partial charge in [0.15, 0.2) is 5.69 Å². The number of aromatic nitrogens is 4. The highest BCUT2D eigenvalue weighted by atomic mass is 32.2. The van der Waals surface area contributed by atoms with Gasteiger partial charge in [-0.05, 0) is 88.1 Å². The number of aryl methyl sites for hydroxylation is 1. The van der Waals surface area contributed by atoms with Crippen LogP contribution in [0.5, 0.6) is 6.01 Å². The molecule has 10 nitrogen and oxygen atoms in total. The van der Waals surface area contributed by atoms with Crippen molar-refractivity contribution < 1.29 is 13.9 Å². The number of amides is 1. The number of anilines is 2. The standard InChI is InChI=1S/C31H37N7O2S.C7H12FN/c1-6-8-20-13-21(32)14-22(27(20)19-9-10-19)26-15-24-23(17-41-26)29(34-31(33-24)40-5)37-11-7-12-38-25(16-37)18(2)28(35-38)30(39)36(3)4;8-6-4-7-2-1-3-9(7)5-6/h13-14,19,26H,7,9-12,15-17,32H2,1-5H3;6-7H,1-5H2. The van der Waals surface area contributed by atoms with E-state index in [-0.39, 0.29) is 11.2 Å². The number of ether oxygens (including phenoxy) is 1. The predicted molar refractivity (Wildman–Crippen MR) is 196 cm³/mol. The summed E-state index contributed by atoms with van der Waals surface area (Å²) in [4.78, 5) is 28.7. The van der Waals surface area contributed by atoms with Gasteiger partial charge in [0, 0.05) is 79.6 Å². The number of rotatable bonds is 5. The van der Waals surface area contributed by atoms with Crippen LogP contribution < -0.4 is 15.4 Å². The van der Waals surface area contributed by atoms with E-state index in [0.717, 1.165) is 84.2 Å². The molecule has 2 saturated heterocycles. The molecule has 3 unspecified atom stereocenters. The summed E-state index contributed by atoms with van der Waals surface area (Å²) in [6.07, 6.45) is 6.90. The van der Waals surface area contributed by atoms with Crippen molar-refractivity contribution in [2.75, 3.05) is 51.5 Å². The Labute approximate surface area is 299 Å². The molecule has 50 heavy (non-hydrogen) atoms. The second-order valence-corrected chi connectivity index (χ2v) is 15.6. The molecule has 0 bridgehead atoms. The number of nitrogens with two attached hydrogens (primary N) is 1. The van der Waals surface area contributed by atoms with Crippen LogP contribution in [0.4, 0.5) is 15.9 Å². The van der Waals surface area contributed by atoms with Crippen LogP contribution in [0.3, 0.4) is 0 Å². The SMILES string of the molecule is CC#Cc1cc(N)cc(C2Cc3nc(OC)nc(N4CCCn5nc(C(=O)N(C)C)c(C)c5C4)c3CS2)c1C1CC1.FC1CC2CCCN2C1. The minimum atomic E-state index is -0.518. The van der Waals surface area contributed by atoms with Gasteiger partial charge in [-0.25, -0.2) is 4.39 Å². The lowest BCUT2D eigenvalue weighted by Crippen LogP contribution is -2.28. The van der Waals surface area contributed by atoms with Gasteiger partial charge < -0.3 is 20.3 Å². The van der Waals surface area contributed by atoms with E-state index in [1.807, 2.05) is 36.4 Å². The summed E-state index contributed by atoms with van der Waals surface area (Å²) in [6.45, 7) is 7.96. The topological polar surface area (TPSA) is 106 Å². The van der Waals surface area contributed by atoms with Gasteiger partial charge in [-0.2, -0.15) is 15.1 Å². The maximum Gasteiger partial charge on any atom is 0.318 e. The summed E-state index contributed by atoms with van der Waals surface area (Å²) in [5.41, 5.74) is 15.6. The fourth-order valence-corrected chi connectivity index (χ4v) is 9.39. The molecule has 0 spiro atoms. The zero-order valence-corrected chi connectivity index (χ0v) is 30.8. The lowest BCUT2D eigenvalue weighted by Gasteiger charge is -2.31. The lowest BCUT2D eigenvalue weighted by atomic mass is 9.92. The number of hydrogen-bond acceptors (Lipinski definition) is 9. The Morgan fingerprint density at radius 3 is 2.68 bits per heavy atom. The molecule has 4 aliphatic heterocycles. The first-order chi connectivity index (χ1) is 24.1. The van der Waals surface area contributed by atoms with Crippen LogP contribution >= 0.6 is 11.8 Å². The Balaban J connectivity index is 0.000000375. The summed E-state index contributed by atoms with van der Waals surface area (Å²) in [7, 11) is 5.15. The Morgan fingerprint density at radius 2 is 1.96 bits per heavy atom. The number of carbonyl (C=O) groups excluding carboxylic acids is 1. The van der Waals surface area contributed by atoms with Gasteiger partial charge in [-0.1, -0.05) is 5.92 Å². The number of thioether (sulfide) groups is 1. The molecular formula is C38H49FN8O2S. The largest absolute Gasteiger partial charge is 0.467 e. The van der Waals surface area contributed by atoms with E-state index < -0.39 is 6.17 Å². The molecule has 1 aliphatic carbocycles.